The standard InChI is InChI=1S/C22H23ClN6O/c23-17-3-1-2-4-18(17)29-21-16(13-24-29)20(25-19(26-21)14-5-6-14)27-9-11-28(12-10-27)22(30)15-7-8-15/h1-4,13-15H,5-12H2. The minimum absolute atomic E-state index is 0.276. The molecular weight excluding hydrogens is 400 g/mol. The quantitative estimate of drug-likeness (QED) is 0.644. The van der Waals surface area contributed by atoms with E-state index in [0.29, 0.717) is 16.8 Å². The molecule has 3 fully saturated rings. The normalized spacial score (nSPS) is 19.5. The molecule has 30 heavy (non-hydrogen) atoms. The molecule has 0 bridgehead atoms. The number of para-hydroxylation sites is 1. The lowest BCUT2D eigenvalue weighted by Crippen LogP contribution is -2.49. The molecule has 7 nitrogen and oxygen atoms in total. The van der Waals surface area contributed by atoms with Crippen LogP contribution >= 0.6 is 11.6 Å². The fourth-order valence-corrected chi connectivity index (χ4v) is 4.42. The molecule has 1 aromatic carbocycles. The Kier molecular flexibility index (Phi) is 4.19. The summed E-state index contributed by atoms with van der Waals surface area (Å²) in [4.78, 5) is 26.6. The van der Waals surface area contributed by atoms with E-state index in [0.717, 1.165) is 80.2 Å². The van der Waals surface area contributed by atoms with Gasteiger partial charge < -0.3 is 9.80 Å². The van der Waals surface area contributed by atoms with Crippen molar-refractivity contribution in [3.63, 3.8) is 0 Å². The molecule has 1 saturated heterocycles. The third kappa shape index (κ3) is 3.12. The van der Waals surface area contributed by atoms with Crippen LogP contribution < -0.4 is 4.90 Å². The fraction of sp³-hybridized carbons (Fsp3) is 0.455. The Morgan fingerprint density at radius 3 is 2.47 bits per heavy atom. The third-order valence-corrected chi connectivity index (χ3v) is 6.59. The summed E-state index contributed by atoms with van der Waals surface area (Å²) in [5.41, 5.74) is 1.62. The molecule has 3 aromatic rings. The minimum Gasteiger partial charge on any atom is -0.352 e. The van der Waals surface area contributed by atoms with Crippen molar-refractivity contribution in [3.05, 3.63) is 41.3 Å². The summed E-state index contributed by atoms with van der Waals surface area (Å²) in [6.07, 6.45) is 6.21. The van der Waals surface area contributed by atoms with Crippen molar-refractivity contribution in [2.24, 2.45) is 5.92 Å². The number of rotatable bonds is 4. The average Bonchev–Trinajstić information content (AvgIpc) is 3.70. The highest BCUT2D eigenvalue weighted by atomic mass is 35.5. The summed E-state index contributed by atoms with van der Waals surface area (Å²) in [6.45, 7) is 3.06. The molecule has 0 N–H and O–H groups in total. The van der Waals surface area contributed by atoms with Crippen LogP contribution in [0.5, 0.6) is 0 Å². The van der Waals surface area contributed by atoms with Crippen molar-refractivity contribution in [1.29, 1.82) is 0 Å². The van der Waals surface area contributed by atoms with Crippen molar-refractivity contribution in [1.82, 2.24) is 24.6 Å². The summed E-state index contributed by atoms with van der Waals surface area (Å²) < 4.78 is 1.82. The van der Waals surface area contributed by atoms with Gasteiger partial charge in [0.05, 0.1) is 22.3 Å². The number of hydrogen-bond acceptors (Lipinski definition) is 5. The molecule has 1 aliphatic heterocycles. The molecule has 0 spiro atoms. The minimum atomic E-state index is 0.276. The second kappa shape index (κ2) is 6.94. The molecule has 154 valence electrons. The van der Waals surface area contributed by atoms with Crippen LogP contribution in [0.4, 0.5) is 5.82 Å². The number of carbonyl (C=O) groups excluding carboxylic acids is 1. The molecule has 2 aliphatic carbocycles. The van der Waals surface area contributed by atoms with Crippen molar-refractivity contribution < 1.29 is 4.79 Å². The zero-order valence-electron chi connectivity index (χ0n) is 16.7. The first-order valence-electron chi connectivity index (χ1n) is 10.7. The van der Waals surface area contributed by atoms with Gasteiger partial charge in [-0.15, -0.1) is 0 Å². The van der Waals surface area contributed by atoms with Crippen LogP contribution in [0.2, 0.25) is 5.02 Å². The maximum atomic E-state index is 12.4. The molecule has 0 radical (unpaired) electrons. The number of aromatic nitrogens is 4. The number of hydrogen-bond donors (Lipinski definition) is 0. The largest absolute Gasteiger partial charge is 0.352 e. The maximum Gasteiger partial charge on any atom is 0.225 e. The van der Waals surface area contributed by atoms with Gasteiger partial charge >= 0.3 is 0 Å². The van der Waals surface area contributed by atoms with E-state index in [4.69, 9.17) is 21.6 Å². The first-order chi connectivity index (χ1) is 14.7. The van der Waals surface area contributed by atoms with Gasteiger partial charge in [0, 0.05) is 38.0 Å². The number of fused-ring (bicyclic) bond motifs is 1. The van der Waals surface area contributed by atoms with E-state index in [1.807, 2.05) is 40.0 Å². The van der Waals surface area contributed by atoms with Gasteiger partial charge in [-0.1, -0.05) is 23.7 Å². The van der Waals surface area contributed by atoms with Gasteiger partial charge in [-0.3, -0.25) is 4.79 Å². The Hall–Kier alpha value is -2.67. The number of amides is 1. The van der Waals surface area contributed by atoms with Crippen molar-refractivity contribution in [3.8, 4) is 5.69 Å². The number of halogens is 1. The lowest BCUT2D eigenvalue weighted by atomic mass is 10.2. The Labute approximate surface area is 179 Å². The van der Waals surface area contributed by atoms with Gasteiger partial charge in [0.1, 0.15) is 11.6 Å². The number of piperazine rings is 1. The number of benzene rings is 1. The molecule has 3 heterocycles. The van der Waals surface area contributed by atoms with Gasteiger partial charge in [0.15, 0.2) is 5.65 Å². The molecule has 3 aliphatic rings. The van der Waals surface area contributed by atoms with Crippen LogP contribution in [0.15, 0.2) is 30.5 Å². The molecule has 2 saturated carbocycles. The third-order valence-electron chi connectivity index (χ3n) is 6.27. The van der Waals surface area contributed by atoms with E-state index in [9.17, 15) is 4.79 Å². The van der Waals surface area contributed by atoms with Crippen molar-refractivity contribution >= 4 is 34.4 Å². The highest BCUT2D eigenvalue weighted by Crippen LogP contribution is 2.40. The zero-order valence-corrected chi connectivity index (χ0v) is 17.4. The van der Waals surface area contributed by atoms with Crippen LogP contribution in [0.3, 0.4) is 0 Å². The molecule has 6 rings (SSSR count). The van der Waals surface area contributed by atoms with Gasteiger partial charge in [-0.2, -0.15) is 5.10 Å². The van der Waals surface area contributed by atoms with E-state index >= 15 is 0 Å². The number of nitrogens with zero attached hydrogens (tertiary/aromatic N) is 6. The predicted molar refractivity (Wildman–Crippen MR) is 115 cm³/mol. The summed E-state index contributed by atoms with van der Waals surface area (Å²) in [5, 5.41) is 6.19. The molecule has 2 aromatic heterocycles. The second-order valence-corrected chi connectivity index (χ2v) is 8.92. The summed E-state index contributed by atoms with van der Waals surface area (Å²) in [7, 11) is 0. The van der Waals surface area contributed by atoms with E-state index in [2.05, 4.69) is 10.00 Å². The van der Waals surface area contributed by atoms with E-state index in [1.165, 1.54) is 0 Å². The van der Waals surface area contributed by atoms with Gasteiger partial charge in [0.25, 0.3) is 0 Å². The Morgan fingerprint density at radius 1 is 1.00 bits per heavy atom. The molecule has 0 atom stereocenters. The molecular formula is C22H23ClN6O. The number of anilines is 1. The second-order valence-electron chi connectivity index (χ2n) is 8.51. The Bertz CT molecular complexity index is 1130. The predicted octanol–water partition coefficient (Wildman–Crippen LogP) is 3.40. The van der Waals surface area contributed by atoms with Crippen molar-refractivity contribution in [2.75, 3.05) is 31.1 Å². The summed E-state index contributed by atoms with van der Waals surface area (Å²) >= 11 is 6.44. The van der Waals surface area contributed by atoms with Crippen molar-refractivity contribution in [2.45, 2.75) is 31.6 Å². The summed E-state index contributed by atoms with van der Waals surface area (Å²) in [5.74, 6) is 2.85. The fourth-order valence-electron chi connectivity index (χ4n) is 4.20. The first kappa shape index (κ1) is 18.1. The number of carbonyl (C=O) groups is 1. The smallest absolute Gasteiger partial charge is 0.225 e. The van der Waals surface area contributed by atoms with Gasteiger partial charge in [-0.25, -0.2) is 14.6 Å². The Balaban J connectivity index is 1.37. The monoisotopic (exact) mass is 422 g/mol. The lowest BCUT2D eigenvalue weighted by molar-refractivity contribution is -0.132. The molecule has 8 heteroatoms. The van der Waals surface area contributed by atoms with Crippen LogP contribution in [-0.4, -0.2) is 56.7 Å². The van der Waals surface area contributed by atoms with Crippen LogP contribution in [-0.2, 0) is 4.79 Å². The topological polar surface area (TPSA) is 67.2 Å². The molecule has 1 amide bonds. The lowest BCUT2D eigenvalue weighted by Gasteiger charge is -2.35. The van der Waals surface area contributed by atoms with Crippen LogP contribution in [0, 0.1) is 5.92 Å². The summed E-state index contributed by atoms with van der Waals surface area (Å²) in [6, 6.07) is 7.69. The first-order valence-corrected chi connectivity index (χ1v) is 11.1. The highest BCUT2D eigenvalue weighted by Gasteiger charge is 2.35. The van der Waals surface area contributed by atoms with Gasteiger partial charge in [-0.05, 0) is 37.8 Å². The van der Waals surface area contributed by atoms with Gasteiger partial charge in [0.2, 0.25) is 5.91 Å². The highest BCUT2D eigenvalue weighted by molar-refractivity contribution is 6.32. The van der Waals surface area contributed by atoms with E-state index in [-0.39, 0.29) is 5.92 Å². The zero-order chi connectivity index (χ0) is 20.2. The van der Waals surface area contributed by atoms with Crippen LogP contribution in [0.1, 0.15) is 37.4 Å². The van der Waals surface area contributed by atoms with E-state index in [1.54, 1.807) is 0 Å². The Morgan fingerprint density at radius 2 is 1.77 bits per heavy atom. The average molecular weight is 423 g/mol. The van der Waals surface area contributed by atoms with Crippen LogP contribution in [0.25, 0.3) is 16.7 Å². The maximum absolute atomic E-state index is 12.4. The molecule has 0 unspecified atom stereocenters. The van der Waals surface area contributed by atoms with E-state index < -0.39 is 0 Å². The SMILES string of the molecule is O=C(C1CC1)N1CCN(c2nc(C3CC3)nc3c2cnn3-c2ccccc2Cl)CC1.